The van der Waals surface area contributed by atoms with Crippen LogP contribution in [0, 0.1) is 0 Å². The summed E-state index contributed by atoms with van der Waals surface area (Å²) < 4.78 is 4.90. The molecule has 3 aliphatic carbocycles. The molecule has 19 rings (SSSR count). The van der Waals surface area contributed by atoms with Crippen LogP contribution >= 0.6 is 0 Å². The van der Waals surface area contributed by atoms with E-state index < -0.39 is 5.41 Å². The zero-order valence-corrected chi connectivity index (χ0v) is 54.7. The summed E-state index contributed by atoms with van der Waals surface area (Å²) in [6.45, 7) is 9.44. The Hall–Kier alpha value is -11.8. The van der Waals surface area contributed by atoms with Crippen LogP contribution in [0.5, 0.6) is 0 Å². The van der Waals surface area contributed by atoms with Crippen molar-refractivity contribution in [1.82, 2.24) is 9.13 Å². The van der Waals surface area contributed by atoms with Crippen LogP contribution < -0.4 is 0 Å². The highest BCUT2D eigenvalue weighted by Crippen LogP contribution is 2.58. The van der Waals surface area contributed by atoms with Gasteiger partial charge in [-0.15, -0.1) is 0 Å². The monoisotopic (exact) mass is 1240 g/mol. The van der Waals surface area contributed by atoms with Gasteiger partial charge in [0.25, 0.3) is 0 Å². The summed E-state index contributed by atoms with van der Waals surface area (Å²) in [5.74, 6) is 0. The van der Waals surface area contributed by atoms with Gasteiger partial charge in [0.15, 0.2) is 0 Å². The van der Waals surface area contributed by atoms with E-state index in [2.05, 4.69) is 377 Å². The standard InChI is InChI=1S/C95H68N2/c1-93(2)83-27-15-11-23-73(83)75-51-47-71(59-85(75)93)96-89-29-17-13-25-79(89)81-55-63(39-53-91(81)96)33-31-61-35-41-65(42-36-61)67-45-49-77-78-50-46-68(58-88(78)95(87(77)57-67,69-19-7-5-8-20-69)70-21-9-6-10-22-70)66-43-37-62(38-44-66)32-34-64-40-54-92-82(56-64)80-26-14-18-30-90(80)97(92)72-48-52-76-74-24-12-16-28-84(74)94(3,4)86(76)60-72/h5-60H,1-4H3/b33-31+,34-32+. The van der Waals surface area contributed by atoms with Crippen LogP contribution in [0.4, 0.5) is 0 Å². The van der Waals surface area contributed by atoms with Gasteiger partial charge in [0, 0.05) is 43.7 Å². The van der Waals surface area contributed by atoms with Crippen molar-refractivity contribution >= 4 is 67.9 Å². The Labute approximate surface area is 566 Å². The molecule has 16 aromatic rings. The van der Waals surface area contributed by atoms with E-state index in [0.29, 0.717) is 0 Å². The van der Waals surface area contributed by atoms with Gasteiger partial charge in [-0.1, -0.05) is 295 Å². The molecule has 0 unspecified atom stereocenters. The first-order valence-electron chi connectivity index (χ1n) is 34.1. The van der Waals surface area contributed by atoms with Crippen LogP contribution in [-0.4, -0.2) is 9.13 Å². The van der Waals surface area contributed by atoms with Gasteiger partial charge in [-0.05, 0) is 195 Å². The molecule has 0 N–H and O–H groups in total. The summed E-state index contributed by atoms with van der Waals surface area (Å²) in [4.78, 5) is 0. The van der Waals surface area contributed by atoms with E-state index in [9.17, 15) is 0 Å². The predicted octanol–water partition coefficient (Wildman–Crippen LogP) is 24.5. The summed E-state index contributed by atoms with van der Waals surface area (Å²) in [5, 5.41) is 5.01. The summed E-state index contributed by atoms with van der Waals surface area (Å²) in [5.41, 5.74) is 34.5. The van der Waals surface area contributed by atoms with Gasteiger partial charge in [-0.25, -0.2) is 0 Å². The molecule has 0 atom stereocenters. The number of hydrogen-bond acceptors (Lipinski definition) is 0. The SMILES string of the molecule is CC1(C)c2ccccc2-c2ccc(-n3c4ccccc4c4cc(/C=C/c5ccc(-c6ccc7c(c6)C(c6ccccc6)(c6ccccc6)c6cc(-c8ccc(/C=C/c9ccc%10c(c9)c9ccccc9n%10-c9ccc%10c(c9)C(C)(C)c9ccccc9-%10)cc8)ccc6-7)cc5)ccc43)cc21. The van der Waals surface area contributed by atoms with Gasteiger partial charge in [0.05, 0.1) is 27.5 Å². The molecule has 0 radical (unpaired) electrons. The Bertz CT molecular complexity index is 5600. The predicted molar refractivity (Wildman–Crippen MR) is 409 cm³/mol. The molecule has 14 aromatic carbocycles. The molecule has 2 aromatic heterocycles. The van der Waals surface area contributed by atoms with Crippen LogP contribution in [0.3, 0.4) is 0 Å². The lowest BCUT2D eigenvalue weighted by Gasteiger charge is -2.34. The molecule has 0 bridgehead atoms. The third-order valence-electron chi connectivity index (χ3n) is 22.0. The molecule has 2 heterocycles. The highest BCUT2D eigenvalue weighted by atomic mass is 15.0. The average molecular weight is 1240 g/mol. The molecule has 0 amide bonds. The van der Waals surface area contributed by atoms with Crippen molar-refractivity contribution in [2.45, 2.75) is 43.9 Å². The Morgan fingerprint density at radius 2 is 0.557 bits per heavy atom. The molecule has 0 saturated carbocycles. The molecule has 0 fully saturated rings. The third kappa shape index (κ3) is 8.66. The molecule has 3 aliphatic rings. The normalized spacial score (nSPS) is 14.4. The highest BCUT2D eigenvalue weighted by molar-refractivity contribution is 6.11. The number of aromatic nitrogens is 2. The fourth-order valence-corrected chi connectivity index (χ4v) is 17.2. The average Bonchev–Trinajstić information content (AvgIpc) is 1.56. The van der Waals surface area contributed by atoms with Crippen molar-refractivity contribution in [2.24, 2.45) is 0 Å². The quantitative estimate of drug-likeness (QED) is 0.121. The maximum absolute atomic E-state index is 2.47. The Morgan fingerprint density at radius 3 is 1.00 bits per heavy atom. The first kappa shape index (κ1) is 56.7. The van der Waals surface area contributed by atoms with E-state index >= 15 is 0 Å². The smallest absolute Gasteiger partial charge is 0.0713 e. The number of para-hydroxylation sites is 2. The van der Waals surface area contributed by atoms with Crippen LogP contribution in [0.1, 0.15) is 94.5 Å². The Morgan fingerprint density at radius 1 is 0.227 bits per heavy atom. The Kier molecular flexibility index (Phi) is 12.6. The van der Waals surface area contributed by atoms with Crippen molar-refractivity contribution in [1.29, 1.82) is 0 Å². The van der Waals surface area contributed by atoms with Gasteiger partial charge in [-0.3, -0.25) is 0 Å². The molecule has 97 heavy (non-hydrogen) atoms. The molecule has 2 nitrogen and oxygen atoms in total. The number of fused-ring (bicyclic) bond motifs is 15. The zero-order chi connectivity index (χ0) is 64.7. The Balaban J connectivity index is 0.613. The molecule has 458 valence electrons. The second-order valence-electron chi connectivity index (χ2n) is 28.0. The zero-order valence-electron chi connectivity index (χ0n) is 54.7. The lowest BCUT2D eigenvalue weighted by atomic mass is 9.67. The van der Waals surface area contributed by atoms with E-state index in [1.165, 1.54) is 166 Å². The summed E-state index contributed by atoms with van der Waals surface area (Å²) in [7, 11) is 0. The summed E-state index contributed by atoms with van der Waals surface area (Å²) in [6.07, 6.45) is 9.01. The minimum absolute atomic E-state index is 0.0762. The van der Waals surface area contributed by atoms with Crippen LogP contribution in [0.2, 0.25) is 0 Å². The minimum Gasteiger partial charge on any atom is -0.309 e. The maximum Gasteiger partial charge on any atom is 0.0713 e. The first-order chi connectivity index (χ1) is 47.6. The molecule has 0 saturated heterocycles. The van der Waals surface area contributed by atoms with Gasteiger partial charge in [0.2, 0.25) is 0 Å². The van der Waals surface area contributed by atoms with Crippen LogP contribution in [-0.2, 0) is 16.2 Å². The summed E-state index contributed by atoms with van der Waals surface area (Å²) >= 11 is 0. The van der Waals surface area contributed by atoms with Crippen molar-refractivity contribution in [3.05, 3.63) is 382 Å². The first-order valence-corrected chi connectivity index (χ1v) is 34.1. The lowest BCUT2D eigenvalue weighted by Crippen LogP contribution is -2.28. The van der Waals surface area contributed by atoms with Gasteiger partial charge in [0.1, 0.15) is 0 Å². The van der Waals surface area contributed by atoms with E-state index in [0.717, 1.165) is 11.1 Å². The molecule has 0 aliphatic heterocycles. The number of benzene rings is 14. The third-order valence-corrected chi connectivity index (χ3v) is 22.0. The fourth-order valence-electron chi connectivity index (χ4n) is 17.2. The molecule has 2 heteroatoms. The van der Waals surface area contributed by atoms with Crippen molar-refractivity contribution in [3.63, 3.8) is 0 Å². The topological polar surface area (TPSA) is 9.86 Å². The fraction of sp³-hybridized carbons (Fsp3) is 0.0737. The van der Waals surface area contributed by atoms with E-state index in [1.54, 1.807) is 0 Å². The molecular weight excluding hydrogens is 1170 g/mol. The van der Waals surface area contributed by atoms with Gasteiger partial charge >= 0.3 is 0 Å². The number of nitrogens with zero attached hydrogens (tertiary/aromatic N) is 2. The van der Waals surface area contributed by atoms with Gasteiger partial charge in [-0.2, -0.15) is 0 Å². The van der Waals surface area contributed by atoms with E-state index in [1.807, 2.05) is 0 Å². The highest BCUT2D eigenvalue weighted by Gasteiger charge is 2.47. The van der Waals surface area contributed by atoms with Crippen molar-refractivity contribution in [3.8, 4) is 67.0 Å². The van der Waals surface area contributed by atoms with Crippen LogP contribution in [0.25, 0.3) is 135 Å². The van der Waals surface area contributed by atoms with Crippen molar-refractivity contribution in [2.75, 3.05) is 0 Å². The largest absolute Gasteiger partial charge is 0.309 e. The van der Waals surface area contributed by atoms with Crippen molar-refractivity contribution < 1.29 is 0 Å². The minimum atomic E-state index is -0.569. The summed E-state index contributed by atoms with van der Waals surface area (Å²) in [6, 6.07) is 118. The molecule has 0 spiro atoms. The van der Waals surface area contributed by atoms with E-state index in [4.69, 9.17) is 0 Å². The number of hydrogen-bond donors (Lipinski definition) is 0. The van der Waals surface area contributed by atoms with Crippen LogP contribution in [0.15, 0.2) is 315 Å². The lowest BCUT2D eigenvalue weighted by molar-refractivity contribution is 0.660. The maximum atomic E-state index is 2.47. The van der Waals surface area contributed by atoms with Gasteiger partial charge < -0.3 is 9.13 Å². The second-order valence-corrected chi connectivity index (χ2v) is 28.0. The second kappa shape index (κ2) is 21.6. The van der Waals surface area contributed by atoms with E-state index in [-0.39, 0.29) is 10.8 Å². The molecular formula is C95H68N2. The number of rotatable bonds is 10.